The minimum absolute atomic E-state index is 0.242. The molecule has 4 aromatic rings. The number of ether oxygens (including phenoxy) is 1. The number of fused-ring (bicyclic) bond motifs is 1. The SMILES string of the molecule is COc1cccc(-c2ccc3c(N)c(C(=O)NCc4ccccc4Cl)sc3n2)c1. The van der Waals surface area contributed by atoms with Gasteiger partial charge in [-0.3, -0.25) is 4.79 Å². The lowest BCUT2D eigenvalue weighted by Gasteiger charge is -2.06. The average molecular weight is 424 g/mol. The monoisotopic (exact) mass is 423 g/mol. The summed E-state index contributed by atoms with van der Waals surface area (Å²) in [5.74, 6) is 0.517. The van der Waals surface area contributed by atoms with Crippen LogP contribution in [0.2, 0.25) is 5.02 Å². The molecule has 0 aliphatic rings. The van der Waals surface area contributed by atoms with Gasteiger partial charge in [0.15, 0.2) is 0 Å². The van der Waals surface area contributed by atoms with Crippen LogP contribution in [-0.4, -0.2) is 18.0 Å². The van der Waals surface area contributed by atoms with E-state index in [2.05, 4.69) is 5.32 Å². The Kier molecular flexibility index (Phi) is 5.38. The summed E-state index contributed by atoms with van der Waals surface area (Å²) in [5.41, 5.74) is 9.25. The Morgan fingerprint density at radius 1 is 1.17 bits per heavy atom. The number of benzene rings is 2. The number of aromatic nitrogens is 1. The zero-order valence-corrected chi connectivity index (χ0v) is 17.2. The molecule has 0 spiro atoms. The van der Waals surface area contributed by atoms with Gasteiger partial charge >= 0.3 is 0 Å². The molecule has 2 aromatic heterocycles. The molecule has 0 aliphatic heterocycles. The van der Waals surface area contributed by atoms with E-state index in [1.807, 2.05) is 54.6 Å². The molecule has 0 unspecified atom stereocenters. The normalized spacial score (nSPS) is 10.8. The number of anilines is 1. The van der Waals surface area contributed by atoms with Gasteiger partial charge in [-0.05, 0) is 35.9 Å². The predicted molar refractivity (Wildman–Crippen MR) is 119 cm³/mol. The number of halogens is 1. The highest BCUT2D eigenvalue weighted by atomic mass is 35.5. The Bertz CT molecular complexity index is 1210. The van der Waals surface area contributed by atoms with Crippen molar-refractivity contribution in [1.29, 1.82) is 0 Å². The summed E-state index contributed by atoms with van der Waals surface area (Å²) in [4.78, 5) is 18.5. The molecule has 3 N–H and O–H groups in total. The summed E-state index contributed by atoms with van der Waals surface area (Å²) in [7, 11) is 1.63. The smallest absolute Gasteiger partial charge is 0.263 e. The van der Waals surface area contributed by atoms with E-state index < -0.39 is 0 Å². The number of nitrogens with two attached hydrogens (primary N) is 1. The number of thiophene rings is 1. The van der Waals surface area contributed by atoms with Crippen LogP contribution in [-0.2, 0) is 6.54 Å². The molecular weight excluding hydrogens is 406 g/mol. The van der Waals surface area contributed by atoms with Crippen molar-refractivity contribution in [2.45, 2.75) is 6.54 Å². The lowest BCUT2D eigenvalue weighted by molar-refractivity contribution is 0.0956. The topological polar surface area (TPSA) is 77.2 Å². The van der Waals surface area contributed by atoms with Gasteiger partial charge in [-0.15, -0.1) is 11.3 Å². The molecule has 0 saturated carbocycles. The number of rotatable bonds is 5. The summed E-state index contributed by atoms with van der Waals surface area (Å²) >= 11 is 7.43. The Balaban J connectivity index is 1.61. The molecule has 0 fully saturated rings. The molecule has 0 bridgehead atoms. The lowest BCUT2D eigenvalue weighted by Crippen LogP contribution is -2.22. The number of amides is 1. The van der Waals surface area contributed by atoms with Crippen LogP contribution in [0.1, 0.15) is 15.2 Å². The van der Waals surface area contributed by atoms with Gasteiger partial charge in [-0.25, -0.2) is 4.98 Å². The van der Waals surface area contributed by atoms with Gasteiger partial charge < -0.3 is 15.8 Å². The fourth-order valence-electron chi connectivity index (χ4n) is 3.01. The van der Waals surface area contributed by atoms with Crippen molar-refractivity contribution in [3.05, 3.63) is 76.1 Å². The third-order valence-corrected chi connectivity index (χ3v) is 6.05. The van der Waals surface area contributed by atoms with Gasteiger partial charge in [0, 0.05) is 22.5 Å². The average Bonchev–Trinajstić information content (AvgIpc) is 3.09. The number of nitrogens with zero attached hydrogens (tertiary/aromatic N) is 1. The molecule has 0 saturated heterocycles. The molecule has 1 amide bonds. The van der Waals surface area contributed by atoms with Crippen LogP contribution in [0.3, 0.4) is 0 Å². The van der Waals surface area contributed by atoms with Crippen LogP contribution in [0, 0.1) is 0 Å². The number of nitrogen functional groups attached to an aromatic ring is 1. The molecular formula is C22H18ClN3O2S. The Morgan fingerprint density at radius 3 is 2.79 bits per heavy atom. The van der Waals surface area contributed by atoms with E-state index in [1.165, 1.54) is 11.3 Å². The first-order chi connectivity index (χ1) is 14.1. The molecule has 0 aliphatic carbocycles. The van der Waals surface area contributed by atoms with Gasteiger partial charge in [-0.1, -0.05) is 41.9 Å². The molecule has 4 rings (SSSR count). The van der Waals surface area contributed by atoms with Crippen molar-refractivity contribution < 1.29 is 9.53 Å². The summed E-state index contributed by atoms with van der Waals surface area (Å²) in [6, 6.07) is 18.9. The van der Waals surface area contributed by atoms with Gasteiger partial charge in [0.1, 0.15) is 15.5 Å². The van der Waals surface area contributed by atoms with Crippen LogP contribution in [0.5, 0.6) is 5.75 Å². The van der Waals surface area contributed by atoms with Gasteiger partial charge in [-0.2, -0.15) is 0 Å². The third kappa shape index (κ3) is 3.90. The summed E-state index contributed by atoms with van der Waals surface area (Å²) in [6.07, 6.45) is 0. The van der Waals surface area contributed by atoms with E-state index in [1.54, 1.807) is 13.2 Å². The van der Waals surface area contributed by atoms with Crippen molar-refractivity contribution >= 4 is 44.7 Å². The highest BCUT2D eigenvalue weighted by Gasteiger charge is 2.18. The maximum atomic E-state index is 12.7. The zero-order valence-electron chi connectivity index (χ0n) is 15.6. The number of hydrogen-bond acceptors (Lipinski definition) is 5. The first-order valence-electron chi connectivity index (χ1n) is 8.92. The Labute approximate surface area is 177 Å². The van der Waals surface area contributed by atoms with E-state index in [9.17, 15) is 4.79 Å². The highest BCUT2D eigenvalue weighted by Crippen LogP contribution is 2.34. The quantitative estimate of drug-likeness (QED) is 0.466. The molecule has 7 heteroatoms. The molecule has 2 heterocycles. The second kappa shape index (κ2) is 8.11. The predicted octanol–water partition coefficient (Wildman–Crippen LogP) is 5.14. The zero-order chi connectivity index (χ0) is 20.4. The molecule has 0 radical (unpaired) electrons. The van der Waals surface area contributed by atoms with Crippen LogP contribution in [0.25, 0.3) is 21.5 Å². The van der Waals surface area contributed by atoms with Crippen LogP contribution in [0.4, 0.5) is 5.69 Å². The minimum atomic E-state index is -0.242. The maximum Gasteiger partial charge on any atom is 0.263 e. The van der Waals surface area contributed by atoms with E-state index in [0.717, 1.165) is 28.0 Å². The minimum Gasteiger partial charge on any atom is -0.497 e. The third-order valence-electron chi connectivity index (χ3n) is 4.56. The fourth-order valence-corrected chi connectivity index (χ4v) is 4.22. The molecule has 2 aromatic carbocycles. The molecule has 5 nitrogen and oxygen atoms in total. The largest absolute Gasteiger partial charge is 0.497 e. The van der Waals surface area contributed by atoms with E-state index in [-0.39, 0.29) is 5.91 Å². The van der Waals surface area contributed by atoms with E-state index in [0.29, 0.717) is 27.0 Å². The number of hydrogen-bond donors (Lipinski definition) is 2. The van der Waals surface area contributed by atoms with E-state index in [4.69, 9.17) is 27.1 Å². The summed E-state index contributed by atoms with van der Waals surface area (Å²) in [5, 5.41) is 4.26. The maximum absolute atomic E-state index is 12.7. The lowest BCUT2D eigenvalue weighted by atomic mass is 10.1. The van der Waals surface area contributed by atoms with Gasteiger partial charge in [0.25, 0.3) is 5.91 Å². The molecule has 146 valence electrons. The van der Waals surface area contributed by atoms with Crippen LogP contribution in [0.15, 0.2) is 60.7 Å². The number of nitrogens with one attached hydrogen (secondary N) is 1. The fraction of sp³-hybridized carbons (Fsp3) is 0.0909. The van der Waals surface area contributed by atoms with Crippen LogP contribution >= 0.6 is 22.9 Å². The standard InChI is InChI=1S/C22H18ClN3O2S/c1-28-15-7-4-6-13(11-15)18-10-9-16-19(24)20(29-22(16)26-18)21(27)25-12-14-5-2-3-8-17(14)23/h2-11H,12,24H2,1H3,(H,25,27). The second-order valence-electron chi connectivity index (χ2n) is 6.40. The van der Waals surface area contributed by atoms with Gasteiger partial charge in [0.2, 0.25) is 0 Å². The Morgan fingerprint density at radius 2 is 2.00 bits per heavy atom. The summed E-state index contributed by atoms with van der Waals surface area (Å²) in [6.45, 7) is 0.328. The summed E-state index contributed by atoms with van der Waals surface area (Å²) < 4.78 is 5.28. The first-order valence-corrected chi connectivity index (χ1v) is 10.1. The Hall–Kier alpha value is -3.09. The number of carbonyl (C=O) groups excluding carboxylic acids is 1. The van der Waals surface area contributed by atoms with Crippen molar-refractivity contribution in [2.75, 3.05) is 12.8 Å². The first kappa shape index (κ1) is 19.2. The molecule has 0 atom stereocenters. The number of carbonyl (C=O) groups is 1. The number of methoxy groups -OCH3 is 1. The van der Waals surface area contributed by atoms with Crippen molar-refractivity contribution in [3.63, 3.8) is 0 Å². The van der Waals surface area contributed by atoms with Crippen LogP contribution < -0.4 is 15.8 Å². The van der Waals surface area contributed by atoms with Gasteiger partial charge in [0.05, 0.1) is 18.5 Å². The van der Waals surface area contributed by atoms with E-state index >= 15 is 0 Å². The van der Waals surface area contributed by atoms with Crippen molar-refractivity contribution in [3.8, 4) is 17.0 Å². The molecule has 29 heavy (non-hydrogen) atoms. The van der Waals surface area contributed by atoms with Crippen molar-refractivity contribution in [1.82, 2.24) is 10.3 Å². The highest BCUT2D eigenvalue weighted by molar-refractivity contribution is 7.21. The second-order valence-corrected chi connectivity index (χ2v) is 7.81. The number of pyridine rings is 1. The van der Waals surface area contributed by atoms with Crippen molar-refractivity contribution in [2.24, 2.45) is 0 Å².